The van der Waals surface area contributed by atoms with Crippen molar-refractivity contribution in [3.8, 4) is 0 Å². The highest BCUT2D eigenvalue weighted by molar-refractivity contribution is 5.89. The highest BCUT2D eigenvalue weighted by Crippen LogP contribution is 2.23. The maximum absolute atomic E-state index is 12.0. The Morgan fingerprint density at radius 2 is 2.04 bits per heavy atom. The monoisotopic (exact) mass is 339 g/mol. The minimum atomic E-state index is -0.695. The number of amides is 1. The van der Waals surface area contributed by atoms with Crippen molar-refractivity contribution in [1.29, 1.82) is 0 Å². The summed E-state index contributed by atoms with van der Waals surface area (Å²) in [5.74, 6) is -0.495. The molecule has 0 unspecified atom stereocenters. The molecule has 0 spiro atoms. The van der Waals surface area contributed by atoms with E-state index >= 15 is 0 Å². The van der Waals surface area contributed by atoms with E-state index in [1.165, 1.54) is 12.4 Å². The zero-order chi connectivity index (χ0) is 17.8. The molecule has 1 amide bonds. The second-order valence-electron chi connectivity index (χ2n) is 5.59. The van der Waals surface area contributed by atoms with E-state index in [1.54, 1.807) is 13.8 Å². The first-order chi connectivity index (χ1) is 12.0. The summed E-state index contributed by atoms with van der Waals surface area (Å²) in [4.78, 5) is 31.6. The number of furan rings is 1. The molecule has 2 heterocycles. The summed E-state index contributed by atoms with van der Waals surface area (Å²) in [5, 5.41) is 3.69. The van der Waals surface area contributed by atoms with Crippen LogP contribution in [-0.4, -0.2) is 28.5 Å². The van der Waals surface area contributed by atoms with Gasteiger partial charge in [-0.3, -0.25) is 9.78 Å². The number of benzene rings is 1. The molecule has 7 nitrogen and oxygen atoms in total. The van der Waals surface area contributed by atoms with E-state index in [1.807, 2.05) is 30.3 Å². The van der Waals surface area contributed by atoms with Gasteiger partial charge in [0.05, 0.1) is 17.9 Å². The average molecular weight is 339 g/mol. The molecule has 0 bridgehead atoms. The predicted octanol–water partition coefficient (Wildman–Crippen LogP) is 2.57. The van der Waals surface area contributed by atoms with Crippen LogP contribution in [0, 0.1) is 6.92 Å². The number of para-hydroxylation sites is 1. The third kappa shape index (κ3) is 4.00. The van der Waals surface area contributed by atoms with Crippen molar-refractivity contribution in [1.82, 2.24) is 15.3 Å². The Labute approximate surface area is 144 Å². The lowest BCUT2D eigenvalue weighted by Gasteiger charge is -2.11. The summed E-state index contributed by atoms with van der Waals surface area (Å²) >= 11 is 0. The summed E-state index contributed by atoms with van der Waals surface area (Å²) < 4.78 is 10.6. The van der Waals surface area contributed by atoms with Crippen molar-refractivity contribution in [2.45, 2.75) is 19.9 Å². The fourth-order valence-corrected chi connectivity index (χ4v) is 2.27. The Kier molecular flexibility index (Phi) is 4.74. The molecule has 3 rings (SSSR count). The molecule has 0 saturated heterocycles. The van der Waals surface area contributed by atoms with Gasteiger partial charge in [0.1, 0.15) is 11.3 Å². The molecule has 0 aliphatic heterocycles. The van der Waals surface area contributed by atoms with Crippen molar-refractivity contribution in [3.63, 3.8) is 0 Å². The van der Waals surface area contributed by atoms with Crippen molar-refractivity contribution < 1.29 is 18.7 Å². The standard InChI is InChI=1S/C18H17N3O4/c1-11-8-20-14(9-19-11)18(23)24-10-17(22)21-12(2)16-7-13-5-3-4-6-15(13)25-16/h3-9,12H,10H2,1-2H3,(H,21,22)/t12-/m1/s1. The van der Waals surface area contributed by atoms with Crippen molar-refractivity contribution >= 4 is 22.8 Å². The third-order valence-corrected chi connectivity index (χ3v) is 3.57. The number of fused-ring (bicyclic) bond motifs is 1. The summed E-state index contributed by atoms with van der Waals surface area (Å²) in [5.41, 5.74) is 1.50. The van der Waals surface area contributed by atoms with Gasteiger partial charge in [-0.25, -0.2) is 9.78 Å². The van der Waals surface area contributed by atoms with E-state index in [0.29, 0.717) is 11.5 Å². The summed E-state index contributed by atoms with van der Waals surface area (Å²) in [6.45, 7) is 3.15. The summed E-state index contributed by atoms with van der Waals surface area (Å²) in [6, 6.07) is 9.11. The first kappa shape index (κ1) is 16.6. The van der Waals surface area contributed by atoms with Crippen molar-refractivity contribution in [2.75, 3.05) is 6.61 Å². The Balaban J connectivity index is 1.54. The van der Waals surface area contributed by atoms with Gasteiger partial charge in [0.15, 0.2) is 12.3 Å². The molecule has 3 aromatic rings. The van der Waals surface area contributed by atoms with Gasteiger partial charge in [-0.2, -0.15) is 0 Å². The largest absolute Gasteiger partial charge is 0.459 e. The van der Waals surface area contributed by atoms with Gasteiger partial charge in [0.2, 0.25) is 0 Å². The average Bonchev–Trinajstić information content (AvgIpc) is 3.04. The zero-order valence-electron chi connectivity index (χ0n) is 13.9. The molecule has 7 heteroatoms. The number of carbonyl (C=O) groups is 2. The van der Waals surface area contributed by atoms with Crippen LogP contribution in [0.15, 0.2) is 47.1 Å². The second-order valence-corrected chi connectivity index (χ2v) is 5.59. The molecule has 1 atom stereocenters. The van der Waals surface area contributed by atoms with Crippen LogP contribution in [0.3, 0.4) is 0 Å². The number of nitrogens with zero attached hydrogens (tertiary/aromatic N) is 2. The van der Waals surface area contributed by atoms with Gasteiger partial charge in [0.25, 0.3) is 5.91 Å². The number of nitrogens with one attached hydrogen (secondary N) is 1. The number of hydrogen-bond donors (Lipinski definition) is 1. The van der Waals surface area contributed by atoms with Crippen LogP contribution in [0.2, 0.25) is 0 Å². The highest BCUT2D eigenvalue weighted by Gasteiger charge is 2.16. The summed E-state index contributed by atoms with van der Waals surface area (Å²) in [7, 11) is 0. The molecule has 128 valence electrons. The first-order valence-corrected chi connectivity index (χ1v) is 7.76. The van der Waals surface area contributed by atoms with Crippen LogP contribution >= 0.6 is 0 Å². The number of ether oxygens (including phenoxy) is 1. The number of aromatic nitrogens is 2. The van der Waals surface area contributed by atoms with Crippen molar-refractivity contribution in [2.24, 2.45) is 0 Å². The number of carbonyl (C=O) groups excluding carboxylic acids is 2. The van der Waals surface area contributed by atoms with Crippen LogP contribution in [0.5, 0.6) is 0 Å². The Morgan fingerprint density at radius 3 is 2.76 bits per heavy atom. The SMILES string of the molecule is Cc1cnc(C(=O)OCC(=O)N[C@H](C)c2cc3ccccc3o2)cn1. The van der Waals surface area contributed by atoms with Gasteiger partial charge in [-0.05, 0) is 26.0 Å². The molecule has 0 saturated carbocycles. The molecule has 0 fully saturated rings. The zero-order valence-corrected chi connectivity index (χ0v) is 13.9. The van der Waals surface area contributed by atoms with Crippen LogP contribution in [0.4, 0.5) is 0 Å². The molecule has 2 aromatic heterocycles. The van der Waals surface area contributed by atoms with E-state index < -0.39 is 18.5 Å². The Hall–Kier alpha value is -3.22. The molecule has 25 heavy (non-hydrogen) atoms. The van der Waals surface area contributed by atoms with Crippen LogP contribution < -0.4 is 5.32 Å². The van der Waals surface area contributed by atoms with Gasteiger partial charge in [-0.1, -0.05) is 18.2 Å². The maximum atomic E-state index is 12.0. The maximum Gasteiger partial charge on any atom is 0.359 e. The van der Waals surface area contributed by atoms with E-state index in [4.69, 9.17) is 9.15 Å². The van der Waals surface area contributed by atoms with E-state index in [0.717, 1.165) is 11.0 Å². The highest BCUT2D eigenvalue weighted by atomic mass is 16.5. The van der Waals surface area contributed by atoms with E-state index in [9.17, 15) is 9.59 Å². The van der Waals surface area contributed by atoms with Crippen LogP contribution in [0.1, 0.15) is 34.9 Å². The number of esters is 1. The molecule has 0 radical (unpaired) electrons. The first-order valence-electron chi connectivity index (χ1n) is 7.76. The lowest BCUT2D eigenvalue weighted by atomic mass is 10.2. The lowest BCUT2D eigenvalue weighted by molar-refractivity contribution is -0.125. The van der Waals surface area contributed by atoms with Gasteiger partial charge >= 0.3 is 5.97 Å². The lowest BCUT2D eigenvalue weighted by Crippen LogP contribution is -2.31. The number of aryl methyl sites for hydroxylation is 1. The number of hydrogen-bond acceptors (Lipinski definition) is 6. The fraction of sp³-hybridized carbons (Fsp3) is 0.222. The Morgan fingerprint density at radius 1 is 1.24 bits per heavy atom. The third-order valence-electron chi connectivity index (χ3n) is 3.57. The van der Waals surface area contributed by atoms with Crippen LogP contribution in [-0.2, 0) is 9.53 Å². The molecule has 0 aliphatic carbocycles. The summed E-state index contributed by atoms with van der Waals surface area (Å²) in [6.07, 6.45) is 2.77. The van der Waals surface area contributed by atoms with E-state index in [-0.39, 0.29) is 11.7 Å². The topological polar surface area (TPSA) is 94.3 Å². The smallest absolute Gasteiger partial charge is 0.359 e. The normalized spacial score (nSPS) is 11.9. The van der Waals surface area contributed by atoms with Crippen molar-refractivity contribution in [3.05, 3.63) is 59.9 Å². The van der Waals surface area contributed by atoms with Gasteiger partial charge in [-0.15, -0.1) is 0 Å². The van der Waals surface area contributed by atoms with Crippen LogP contribution in [0.25, 0.3) is 11.0 Å². The molecular weight excluding hydrogens is 322 g/mol. The second kappa shape index (κ2) is 7.12. The van der Waals surface area contributed by atoms with Gasteiger partial charge < -0.3 is 14.5 Å². The minimum absolute atomic E-state index is 0.0590. The number of rotatable bonds is 5. The molecule has 1 aromatic carbocycles. The van der Waals surface area contributed by atoms with E-state index in [2.05, 4.69) is 15.3 Å². The minimum Gasteiger partial charge on any atom is -0.459 e. The molecular formula is C18H17N3O4. The van der Waals surface area contributed by atoms with Gasteiger partial charge in [0, 0.05) is 11.6 Å². The Bertz CT molecular complexity index is 869. The molecule has 1 N–H and O–H groups in total. The fourth-order valence-electron chi connectivity index (χ4n) is 2.27. The quantitative estimate of drug-likeness (QED) is 0.718. The molecule has 0 aliphatic rings. The predicted molar refractivity (Wildman–Crippen MR) is 89.8 cm³/mol.